The van der Waals surface area contributed by atoms with E-state index in [1.54, 1.807) is 12.1 Å². The van der Waals surface area contributed by atoms with Crippen LogP contribution in [0.5, 0.6) is 0 Å². The highest BCUT2D eigenvalue weighted by molar-refractivity contribution is 14.0. The van der Waals surface area contributed by atoms with E-state index in [4.69, 9.17) is 5.73 Å². The largest absolute Gasteiger partial charge is 0.370 e. The summed E-state index contributed by atoms with van der Waals surface area (Å²) in [6.07, 6.45) is 4.62. The number of nitrogens with one attached hydrogen (secondary N) is 1. The van der Waals surface area contributed by atoms with Crippen LogP contribution in [0, 0.1) is 10.1 Å². The van der Waals surface area contributed by atoms with E-state index in [-0.39, 0.29) is 29.7 Å². The number of benzene rings is 2. The Morgan fingerprint density at radius 2 is 1.88 bits per heavy atom. The molecule has 0 amide bonds. The predicted octanol–water partition coefficient (Wildman–Crippen LogP) is 4.02. The lowest BCUT2D eigenvalue weighted by Gasteiger charge is -2.19. The number of nitrogens with zero attached hydrogens (tertiary/aromatic N) is 2. The number of nitro benzene ring substituents is 1. The fourth-order valence-corrected chi connectivity index (χ4v) is 2.98. The van der Waals surface area contributed by atoms with Gasteiger partial charge >= 0.3 is 0 Å². The number of anilines is 1. The molecule has 7 heteroatoms. The molecule has 0 atom stereocenters. The molecule has 0 spiro atoms. The van der Waals surface area contributed by atoms with Crippen molar-refractivity contribution >= 4 is 41.3 Å². The third-order valence-corrected chi connectivity index (χ3v) is 4.24. The van der Waals surface area contributed by atoms with E-state index in [0.717, 1.165) is 24.1 Å². The highest BCUT2D eigenvalue weighted by Crippen LogP contribution is 2.27. The average Bonchev–Trinajstić information content (AvgIpc) is 2.61. The molecule has 3 rings (SSSR count). The summed E-state index contributed by atoms with van der Waals surface area (Å²) in [5, 5.41) is 13.8. The van der Waals surface area contributed by atoms with Crippen LogP contribution in [-0.2, 0) is 19.4 Å². The van der Waals surface area contributed by atoms with E-state index in [9.17, 15) is 10.1 Å². The second-order valence-corrected chi connectivity index (χ2v) is 5.90. The number of aliphatic imine (C=N–C) groups is 1. The third kappa shape index (κ3) is 4.91. The summed E-state index contributed by atoms with van der Waals surface area (Å²) in [5.41, 5.74) is 10.7. The molecule has 132 valence electrons. The lowest BCUT2D eigenvalue weighted by molar-refractivity contribution is -0.384. The lowest BCUT2D eigenvalue weighted by Crippen LogP contribution is -2.24. The van der Waals surface area contributed by atoms with Crippen LogP contribution >= 0.6 is 24.0 Å². The number of aryl methyl sites for hydroxylation is 1. The van der Waals surface area contributed by atoms with Crippen molar-refractivity contribution in [1.82, 2.24) is 0 Å². The summed E-state index contributed by atoms with van der Waals surface area (Å²) in [4.78, 5) is 14.6. The summed E-state index contributed by atoms with van der Waals surface area (Å²) in [6, 6.07) is 12.6. The highest BCUT2D eigenvalue weighted by atomic mass is 127. The maximum atomic E-state index is 10.6. The molecule has 1 aliphatic carbocycles. The quantitative estimate of drug-likeness (QED) is 0.241. The number of hydrogen-bond acceptors (Lipinski definition) is 3. The van der Waals surface area contributed by atoms with Gasteiger partial charge in [-0.05, 0) is 48.4 Å². The molecular weight excluding hydrogens is 431 g/mol. The fraction of sp³-hybridized carbons (Fsp3) is 0.278. The van der Waals surface area contributed by atoms with Gasteiger partial charge in [0.1, 0.15) is 0 Å². The summed E-state index contributed by atoms with van der Waals surface area (Å²) in [5.74, 6) is 0.354. The number of rotatable bonds is 4. The molecule has 0 radical (unpaired) electrons. The van der Waals surface area contributed by atoms with Crippen molar-refractivity contribution in [3.8, 4) is 0 Å². The Balaban J connectivity index is 0.00000225. The number of non-ortho nitro benzene ring substituents is 1. The Morgan fingerprint density at radius 1 is 1.16 bits per heavy atom. The molecule has 2 aromatic rings. The molecule has 25 heavy (non-hydrogen) atoms. The Bertz CT molecular complexity index is 775. The Labute approximate surface area is 163 Å². The van der Waals surface area contributed by atoms with Gasteiger partial charge in [0.15, 0.2) is 5.96 Å². The zero-order valence-corrected chi connectivity index (χ0v) is 16.1. The number of guanidine groups is 1. The van der Waals surface area contributed by atoms with Gasteiger partial charge in [-0.1, -0.05) is 24.3 Å². The molecule has 1 aliphatic rings. The molecule has 0 aliphatic heterocycles. The second-order valence-electron chi connectivity index (χ2n) is 5.90. The minimum Gasteiger partial charge on any atom is -0.370 e. The summed E-state index contributed by atoms with van der Waals surface area (Å²) in [7, 11) is 0. The van der Waals surface area contributed by atoms with Crippen molar-refractivity contribution in [2.24, 2.45) is 10.7 Å². The van der Waals surface area contributed by atoms with E-state index in [1.807, 2.05) is 12.1 Å². The maximum absolute atomic E-state index is 10.6. The smallest absolute Gasteiger partial charge is 0.269 e. The van der Waals surface area contributed by atoms with E-state index in [2.05, 4.69) is 16.4 Å². The molecule has 6 nitrogen and oxygen atoms in total. The Hall–Kier alpha value is -2.16. The van der Waals surface area contributed by atoms with Crippen LogP contribution in [0.15, 0.2) is 47.5 Å². The molecular formula is C18H21IN4O2. The van der Waals surface area contributed by atoms with Crippen molar-refractivity contribution in [2.45, 2.75) is 32.2 Å². The van der Waals surface area contributed by atoms with Gasteiger partial charge in [0.05, 0.1) is 11.5 Å². The zero-order valence-electron chi connectivity index (χ0n) is 13.8. The molecule has 0 bridgehead atoms. The predicted molar refractivity (Wildman–Crippen MR) is 111 cm³/mol. The standard InChI is InChI=1S/C18H20N4O2.HI/c19-18(20-12-13-8-10-15(11-9-13)22(23)24)21-17-7-3-5-14-4-1-2-6-16(14)17;/h3,5,7-11H,1-2,4,6,12H2,(H3,19,20,21);1H. The van der Waals surface area contributed by atoms with E-state index in [0.29, 0.717) is 12.5 Å². The van der Waals surface area contributed by atoms with Gasteiger partial charge in [-0.3, -0.25) is 10.1 Å². The maximum Gasteiger partial charge on any atom is 0.269 e. The normalized spacial score (nSPS) is 13.5. The summed E-state index contributed by atoms with van der Waals surface area (Å²) < 4.78 is 0. The van der Waals surface area contributed by atoms with Crippen molar-refractivity contribution in [2.75, 3.05) is 5.32 Å². The van der Waals surface area contributed by atoms with Crippen LogP contribution in [0.2, 0.25) is 0 Å². The molecule has 0 heterocycles. The number of nitrogens with two attached hydrogens (primary N) is 1. The van der Waals surface area contributed by atoms with Crippen LogP contribution in [0.3, 0.4) is 0 Å². The summed E-state index contributed by atoms with van der Waals surface area (Å²) in [6.45, 7) is 0.381. The molecule has 0 saturated heterocycles. The first-order valence-corrected chi connectivity index (χ1v) is 8.04. The first kappa shape index (κ1) is 19.2. The van der Waals surface area contributed by atoms with Gasteiger partial charge in [0, 0.05) is 17.8 Å². The monoisotopic (exact) mass is 452 g/mol. The Kier molecular flexibility index (Phi) is 6.74. The van der Waals surface area contributed by atoms with Gasteiger partial charge in [-0.15, -0.1) is 24.0 Å². The minimum absolute atomic E-state index is 0. The van der Waals surface area contributed by atoms with Gasteiger partial charge in [0.25, 0.3) is 5.69 Å². The lowest BCUT2D eigenvalue weighted by atomic mass is 9.90. The van der Waals surface area contributed by atoms with Gasteiger partial charge in [0.2, 0.25) is 0 Å². The van der Waals surface area contributed by atoms with Crippen molar-refractivity contribution in [3.63, 3.8) is 0 Å². The van der Waals surface area contributed by atoms with Crippen LogP contribution in [0.25, 0.3) is 0 Å². The topological polar surface area (TPSA) is 93.5 Å². The van der Waals surface area contributed by atoms with Crippen molar-refractivity contribution in [3.05, 3.63) is 69.3 Å². The van der Waals surface area contributed by atoms with Crippen molar-refractivity contribution < 1.29 is 4.92 Å². The molecule has 3 N–H and O–H groups in total. The molecule has 2 aromatic carbocycles. The van der Waals surface area contributed by atoms with Gasteiger partial charge < -0.3 is 11.1 Å². The first-order chi connectivity index (χ1) is 11.6. The number of nitro groups is 1. The van der Waals surface area contributed by atoms with Crippen LogP contribution < -0.4 is 11.1 Å². The molecule has 0 aromatic heterocycles. The first-order valence-electron chi connectivity index (χ1n) is 8.04. The average molecular weight is 452 g/mol. The SMILES string of the molecule is I.NC(=NCc1ccc([N+](=O)[O-])cc1)Nc1cccc2c1CCCC2. The number of fused-ring (bicyclic) bond motifs is 1. The molecule has 0 saturated carbocycles. The van der Waals surface area contributed by atoms with Gasteiger partial charge in [-0.25, -0.2) is 4.99 Å². The number of hydrogen-bond donors (Lipinski definition) is 2. The fourth-order valence-electron chi connectivity index (χ4n) is 2.98. The Morgan fingerprint density at radius 3 is 2.60 bits per heavy atom. The minimum atomic E-state index is -0.415. The van der Waals surface area contributed by atoms with Crippen molar-refractivity contribution in [1.29, 1.82) is 0 Å². The molecule has 0 fully saturated rings. The van der Waals surface area contributed by atoms with Crippen LogP contribution in [0.1, 0.15) is 29.5 Å². The highest BCUT2D eigenvalue weighted by Gasteiger charge is 2.13. The summed E-state index contributed by atoms with van der Waals surface area (Å²) >= 11 is 0. The third-order valence-electron chi connectivity index (χ3n) is 4.24. The second kappa shape index (κ2) is 8.80. The van der Waals surface area contributed by atoms with E-state index in [1.165, 1.54) is 36.1 Å². The van der Waals surface area contributed by atoms with E-state index >= 15 is 0 Å². The zero-order chi connectivity index (χ0) is 16.9. The van der Waals surface area contributed by atoms with Gasteiger partial charge in [-0.2, -0.15) is 0 Å². The van der Waals surface area contributed by atoms with Crippen LogP contribution in [-0.4, -0.2) is 10.9 Å². The molecule has 0 unspecified atom stereocenters. The van der Waals surface area contributed by atoms with E-state index < -0.39 is 4.92 Å². The number of halogens is 1. The van der Waals surface area contributed by atoms with Crippen LogP contribution in [0.4, 0.5) is 11.4 Å².